The van der Waals surface area contributed by atoms with Crippen LogP contribution in [0.15, 0.2) is 61.2 Å². The van der Waals surface area contributed by atoms with Crippen LogP contribution < -0.4 is 10.6 Å². The summed E-state index contributed by atoms with van der Waals surface area (Å²) in [6.07, 6.45) is 6.72. The number of aromatic nitrogens is 4. The van der Waals surface area contributed by atoms with Gasteiger partial charge in [-0.05, 0) is 49.6 Å². The number of piperidine rings is 1. The van der Waals surface area contributed by atoms with Gasteiger partial charge in [-0.25, -0.2) is 14.4 Å². The van der Waals surface area contributed by atoms with Crippen molar-refractivity contribution in [3.63, 3.8) is 0 Å². The van der Waals surface area contributed by atoms with Crippen molar-refractivity contribution >= 4 is 29.7 Å². The third-order valence-electron chi connectivity index (χ3n) is 4.86. The molecule has 176 valence electrons. The highest BCUT2D eigenvalue weighted by Crippen LogP contribution is 2.15. The number of amides is 3. The monoisotopic (exact) mass is 465 g/mol. The first kappa shape index (κ1) is 24.2. The van der Waals surface area contributed by atoms with Crippen LogP contribution in [0.5, 0.6) is 0 Å². The number of H-pyrrole nitrogens is 1. The molecule has 0 radical (unpaired) electrons. The van der Waals surface area contributed by atoms with E-state index in [4.69, 9.17) is 0 Å². The van der Waals surface area contributed by atoms with Crippen LogP contribution in [0.1, 0.15) is 29.8 Å². The van der Waals surface area contributed by atoms with Gasteiger partial charge in [-0.3, -0.25) is 19.5 Å². The van der Waals surface area contributed by atoms with Crippen molar-refractivity contribution in [1.82, 2.24) is 25.1 Å². The molecular weight excluding hydrogens is 441 g/mol. The molecule has 4 heterocycles. The van der Waals surface area contributed by atoms with Crippen LogP contribution in [0, 0.1) is 0 Å². The molecule has 0 bridgehead atoms. The van der Waals surface area contributed by atoms with E-state index in [0.29, 0.717) is 36.7 Å². The minimum absolute atomic E-state index is 0.258. The number of halogens is 1. The number of carbonyl (C=O) groups is 3. The zero-order valence-corrected chi connectivity index (χ0v) is 18.3. The van der Waals surface area contributed by atoms with Gasteiger partial charge in [0.2, 0.25) is 6.41 Å². The second-order valence-electron chi connectivity index (χ2n) is 7.28. The summed E-state index contributed by atoms with van der Waals surface area (Å²) in [7, 11) is 0. The molecule has 1 aliphatic rings. The Balaban J connectivity index is 0.000000248. The molecule has 3 aromatic heterocycles. The van der Waals surface area contributed by atoms with Crippen LogP contribution in [-0.2, 0) is 9.59 Å². The second-order valence-corrected chi connectivity index (χ2v) is 7.28. The molecule has 0 aromatic carbocycles. The second kappa shape index (κ2) is 12.0. The Kier molecular flexibility index (Phi) is 8.55. The molecule has 4 rings (SSSR count). The quantitative estimate of drug-likeness (QED) is 0.378. The summed E-state index contributed by atoms with van der Waals surface area (Å²) in [5, 5.41) is 11.8. The van der Waals surface area contributed by atoms with E-state index in [1.165, 1.54) is 11.1 Å². The number of anilines is 2. The first-order chi connectivity index (χ1) is 16.5. The molecule has 0 unspecified atom stereocenters. The summed E-state index contributed by atoms with van der Waals surface area (Å²) in [6.45, 7) is 4.34. The fraction of sp³-hybridized carbons (Fsp3) is 0.217. The first-order valence-corrected chi connectivity index (χ1v) is 10.6. The molecule has 3 amide bonds. The van der Waals surface area contributed by atoms with Crippen LogP contribution in [0.3, 0.4) is 0 Å². The van der Waals surface area contributed by atoms with E-state index in [1.54, 1.807) is 42.6 Å². The Hall–Kier alpha value is -4.41. The molecule has 1 fully saturated rings. The van der Waals surface area contributed by atoms with Crippen LogP contribution in [-0.4, -0.2) is 56.4 Å². The van der Waals surface area contributed by atoms with Gasteiger partial charge >= 0.3 is 0 Å². The highest BCUT2D eigenvalue weighted by molar-refractivity contribution is 6.02. The number of nitrogens with one attached hydrogen (secondary N) is 3. The Morgan fingerprint density at radius 1 is 1.12 bits per heavy atom. The van der Waals surface area contributed by atoms with Gasteiger partial charge in [-0.15, -0.1) is 0 Å². The van der Waals surface area contributed by atoms with Crippen molar-refractivity contribution < 1.29 is 18.8 Å². The van der Waals surface area contributed by atoms with Crippen molar-refractivity contribution in [2.24, 2.45) is 0 Å². The molecule has 1 saturated heterocycles. The summed E-state index contributed by atoms with van der Waals surface area (Å²) < 4.78 is 12.3. The molecule has 0 saturated carbocycles. The maximum atomic E-state index is 12.3. The normalized spacial score (nSPS) is 12.7. The van der Waals surface area contributed by atoms with Gasteiger partial charge in [0, 0.05) is 19.3 Å². The Morgan fingerprint density at radius 2 is 1.91 bits per heavy atom. The molecule has 34 heavy (non-hydrogen) atoms. The van der Waals surface area contributed by atoms with Crippen molar-refractivity contribution in [1.29, 1.82) is 0 Å². The first-order valence-electron chi connectivity index (χ1n) is 10.6. The Bertz CT molecular complexity index is 1130. The largest absolute Gasteiger partial charge is 0.337 e. The topological polar surface area (TPSA) is 133 Å². The van der Waals surface area contributed by atoms with Crippen molar-refractivity contribution in [3.8, 4) is 11.4 Å². The fourth-order valence-corrected chi connectivity index (χ4v) is 3.18. The van der Waals surface area contributed by atoms with E-state index < -0.39 is 11.7 Å². The zero-order valence-electron chi connectivity index (χ0n) is 18.3. The number of pyridine rings is 2. The summed E-state index contributed by atoms with van der Waals surface area (Å²) in [4.78, 5) is 43.4. The summed E-state index contributed by atoms with van der Waals surface area (Å²) in [5.74, 6) is -1.40. The maximum Gasteiger partial charge on any atom is 0.281 e. The van der Waals surface area contributed by atoms with Gasteiger partial charge in [0.15, 0.2) is 5.83 Å². The lowest BCUT2D eigenvalue weighted by atomic mass is 10.1. The molecule has 1 aliphatic heterocycles. The number of hydrogen-bond donors (Lipinski definition) is 3. The van der Waals surface area contributed by atoms with E-state index in [-0.39, 0.29) is 11.6 Å². The highest BCUT2D eigenvalue weighted by atomic mass is 19.1. The standard InChI is InChI=1S/C15H12N6O2.C8H12FNO/c22-9-17-10-4-5-14(16-8-10)20-15(23)13-3-1-2-11(19-13)12-6-7-18-21-12;1-7(9)8(11)10-5-3-2-4-6-10/h1-9H,(H,17,22)(H,18,21)(H,16,20,23);1-6H2. The van der Waals surface area contributed by atoms with Crippen molar-refractivity contribution in [3.05, 3.63) is 66.9 Å². The molecule has 11 heteroatoms. The van der Waals surface area contributed by atoms with Gasteiger partial charge in [0.05, 0.1) is 23.3 Å². The van der Waals surface area contributed by atoms with E-state index in [0.717, 1.165) is 25.0 Å². The molecular formula is C23H24FN7O3. The van der Waals surface area contributed by atoms with Crippen LogP contribution >= 0.6 is 0 Å². The van der Waals surface area contributed by atoms with Crippen molar-refractivity contribution in [2.75, 3.05) is 23.7 Å². The van der Waals surface area contributed by atoms with Gasteiger partial charge in [-0.2, -0.15) is 5.10 Å². The molecule has 10 nitrogen and oxygen atoms in total. The molecule has 0 aliphatic carbocycles. The predicted octanol–water partition coefficient (Wildman–Crippen LogP) is 3.17. The average Bonchev–Trinajstić information content (AvgIpc) is 3.41. The zero-order chi connectivity index (χ0) is 24.3. The number of likely N-dealkylation sites (tertiary alicyclic amines) is 1. The van der Waals surface area contributed by atoms with Crippen LogP contribution in [0.25, 0.3) is 11.4 Å². The Morgan fingerprint density at radius 3 is 2.53 bits per heavy atom. The van der Waals surface area contributed by atoms with Gasteiger partial charge in [0.25, 0.3) is 11.8 Å². The van der Waals surface area contributed by atoms with Crippen molar-refractivity contribution in [2.45, 2.75) is 19.3 Å². The maximum absolute atomic E-state index is 12.3. The van der Waals surface area contributed by atoms with E-state index in [1.807, 2.05) is 0 Å². The number of aromatic amines is 1. The lowest BCUT2D eigenvalue weighted by molar-refractivity contribution is -0.129. The van der Waals surface area contributed by atoms with Crippen LogP contribution in [0.4, 0.5) is 15.9 Å². The summed E-state index contributed by atoms with van der Waals surface area (Å²) >= 11 is 0. The van der Waals surface area contributed by atoms with Gasteiger partial charge in [0.1, 0.15) is 11.5 Å². The minimum Gasteiger partial charge on any atom is -0.337 e. The van der Waals surface area contributed by atoms with Crippen LogP contribution in [0.2, 0.25) is 0 Å². The minimum atomic E-state index is -0.841. The number of rotatable bonds is 6. The number of hydrogen-bond acceptors (Lipinski definition) is 6. The van der Waals surface area contributed by atoms with E-state index in [9.17, 15) is 18.8 Å². The van der Waals surface area contributed by atoms with E-state index in [2.05, 4.69) is 37.4 Å². The third kappa shape index (κ3) is 6.79. The molecule has 3 N–H and O–H groups in total. The predicted molar refractivity (Wildman–Crippen MR) is 124 cm³/mol. The average molecular weight is 465 g/mol. The SMILES string of the molecule is C=C(F)C(=O)N1CCCCC1.O=CNc1ccc(NC(=O)c2cccc(-c3ccn[nH]3)n2)nc1. The van der Waals surface area contributed by atoms with E-state index >= 15 is 0 Å². The summed E-state index contributed by atoms with van der Waals surface area (Å²) in [6, 6.07) is 10.1. The number of nitrogens with zero attached hydrogens (tertiary/aromatic N) is 4. The lowest BCUT2D eigenvalue weighted by Crippen LogP contribution is -2.35. The third-order valence-corrected chi connectivity index (χ3v) is 4.86. The lowest BCUT2D eigenvalue weighted by Gasteiger charge is -2.25. The highest BCUT2D eigenvalue weighted by Gasteiger charge is 2.18. The summed E-state index contributed by atoms with van der Waals surface area (Å²) in [5.41, 5.74) is 2.14. The Labute approximate surface area is 195 Å². The van der Waals surface area contributed by atoms with Gasteiger partial charge < -0.3 is 15.5 Å². The van der Waals surface area contributed by atoms with Gasteiger partial charge in [-0.1, -0.05) is 12.6 Å². The molecule has 3 aromatic rings. The number of carbonyl (C=O) groups excluding carboxylic acids is 3. The molecule has 0 spiro atoms. The smallest absolute Gasteiger partial charge is 0.281 e. The fourth-order valence-electron chi connectivity index (χ4n) is 3.18. The molecule has 0 atom stereocenters.